The summed E-state index contributed by atoms with van der Waals surface area (Å²) in [5.41, 5.74) is -0.481. The van der Waals surface area contributed by atoms with Crippen LogP contribution in [0, 0.1) is 23.7 Å². The van der Waals surface area contributed by atoms with Gasteiger partial charge in [0.15, 0.2) is 5.78 Å². The van der Waals surface area contributed by atoms with E-state index in [1.807, 2.05) is 0 Å². The molecule has 0 N–H and O–H groups in total. The lowest BCUT2D eigenvalue weighted by Crippen LogP contribution is -2.58. The number of carbonyl (C=O) groups is 2. The van der Waals surface area contributed by atoms with Crippen LogP contribution in [0.15, 0.2) is 18.2 Å². The lowest BCUT2D eigenvalue weighted by molar-refractivity contribution is -0.140. The van der Waals surface area contributed by atoms with Gasteiger partial charge in [-0.25, -0.2) is 4.79 Å². The van der Waals surface area contributed by atoms with Crippen molar-refractivity contribution in [1.82, 2.24) is 9.80 Å². The monoisotopic (exact) mass is 440 g/mol. The summed E-state index contributed by atoms with van der Waals surface area (Å²) in [7, 11) is 0. The van der Waals surface area contributed by atoms with E-state index in [0.717, 1.165) is 18.6 Å². The summed E-state index contributed by atoms with van der Waals surface area (Å²) in [6, 6.07) is 3.01. The molecule has 0 bridgehead atoms. The average Bonchev–Trinajstić information content (AvgIpc) is 2.66. The number of alkyl halides is 3. The van der Waals surface area contributed by atoms with Crippen LogP contribution in [0.2, 0.25) is 5.02 Å². The van der Waals surface area contributed by atoms with Crippen molar-refractivity contribution in [3.05, 3.63) is 34.3 Å². The number of urea groups is 1. The van der Waals surface area contributed by atoms with Crippen LogP contribution >= 0.6 is 11.6 Å². The highest BCUT2D eigenvalue weighted by Crippen LogP contribution is 2.32. The first-order valence-corrected chi connectivity index (χ1v) is 10.1. The van der Waals surface area contributed by atoms with Crippen molar-refractivity contribution in [2.45, 2.75) is 25.1 Å². The molecule has 30 heavy (non-hydrogen) atoms. The summed E-state index contributed by atoms with van der Waals surface area (Å²) < 4.78 is 43.7. The van der Waals surface area contributed by atoms with E-state index >= 15 is 0 Å². The Labute approximate surface area is 177 Å². The summed E-state index contributed by atoms with van der Waals surface area (Å²) in [6.45, 7) is 2.21. The molecule has 9 heteroatoms. The highest BCUT2D eigenvalue weighted by Gasteiger charge is 2.39. The number of halogens is 4. The molecule has 2 amide bonds. The smallest absolute Gasteiger partial charge is 0.370 e. The standard InChI is InChI=1S/C21H20ClF3N2O3/c22-18-8-16(21(23,24)25)4-3-14(18)2-1-13-9-27(10-13)20(29)26-6-5-19-15(11-26)7-17(28)12-30-19/h3-4,8,13,15,19H,5-7,9-12H2/t15-,19+/m1/s1. The van der Waals surface area contributed by atoms with Crippen LogP contribution in [0.25, 0.3) is 0 Å². The maximum atomic E-state index is 12.7. The molecule has 3 fully saturated rings. The third-order valence-corrected chi connectivity index (χ3v) is 6.06. The number of amides is 2. The first kappa shape index (κ1) is 21.0. The van der Waals surface area contributed by atoms with Gasteiger partial charge < -0.3 is 14.5 Å². The number of likely N-dealkylation sites (tertiary alicyclic amines) is 2. The van der Waals surface area contributed by atoms with E-state index < -0.39 is 11.7 Å². The minimum absolute atomic E-state index is 0.0447. The molecule has 3 heterocycles. The molecule has 3 saturated heterocycles. The number of piperidine rings is 1. The Balaban J connectivity index is 1.31. The van der Waals surface area contributed by atoms with E-state index in [2.05, 4.69) is 11.8 Å². The fourth-order valence-corrected chi connectivity index (χ4v) is 4.28. The summed E-state index contributed by atoms with van der Waals surface area (Å²) in [5, 5.41) is -0.0447. The van der Waals surface area contributed by atoms with Crippen molar-refractivity contribution >= 4 is 23.4 Å². The second-order valence-electron chi connectivity index (χ2n) is 7.93. The number of hydrogen-bond donors (Lipinski definition) is 0. The van der Waals surface area contributed by atoms with Gasteiger partial charge in [-0.1, -0.05) is 23.4 Å². The van der Waals surface area contributed by atoms with Crippen LogP contribution in [-0.4, -0.2) is 60.5 Å². The number of Topliss-reactive ketones (excluding diaryl/α,β-unsaturated/α-hetero) is 1. The quantitative estimate of drug-likeness (QED) is 0.581. The molecule has 160 valence electrons. The van der Waals surface area contributed by atoms with Crippen LogP contribution in [0.1, 0.15) is 24.0 Å². The molecule has 0 spiro atoms. The van der Waals surface area contributed by atoms with E-state index in [1.165, 1.54) is 6.07 Å². The van der Waals surface area contributed by atoms with E-state index in [0.29, 0.717) is 38.2 Å². The zero-order valence-electron chi connectivity index (χ0n) is 16.0. The second kappa shape index (κ2) is 8.12. The molecular weight excluding hydrogens is 421 g/mol. The highest BCUT2D eigenvalue weighted by molar-refractivity contribution is 6.31. The number of hydrogen-bond acceptors (Lipinski definition) is 3. The lowest BCUT2D eigenvalue weighted by Gasteiger charge is -2.45. The van der Waals surface area contributed by atoms with Gasteiger partial charge in [-0.05, 0) is 24.6 Å². The van der Waals surface area contributed by atoms with Crippen molar-refractivity contribution in [1.29, 1.82) is 0 Å². The molecule has 2 atom stereocenters. The van der Waals surface area contributed by atoms with Gasteiger partial charge in [-0.2, -0.15) is 13.2 Å². The molecule has 3 aliphatic heterocycles. The fraction of sp³-hybridized carbons (Fsp3) is 0.524. The predicted molar refractivity (Wildman–Crippen MR) is 103 cm³/mol. The summed E-state index contributed by atoms with van der Waals surface area (Å²) in [6.07, 6.45) is -3.21. The minimum atomic E-state index is -4.45. The zero-order chi connectivity index (χ0) is 21.5. The Morgan fingerprint density at radius 1 is 1.20 bits per heavy atom. The van der Waals surface area contributed by atoms with Gasteiger partial charge in [-0.3, -0.25) is 4.79 Å². The first-order chi connectivity index (χ1) is 14.2. The molecule has 0 saturated carbocycles. The Hall–Kier alpha value is -2.24. The molecule has 5 nitrogen and oxygen atoms in total. The molecule has 0 aromatic heterocycles. The number of benzene rings is 1. The molecule has 0 radical (unpaired) electrons. The van der Waals surface area contributed by atoms with Gasteiger partial charge in [0.1, 0.15) is 6.61 Å². The van der Waals surface area contributed by atoms with Gasteiger partial charge in [0.2, 0.25) is 0 Å². The van der Waals surface area contributed by atoms with Crippen LogP contribution in [-0.2, 0) is 15.7 Å². The number of ketones is 1. The van der Waals surface area contributed by atoms with Crippen LogP contribution in [0.4, 0.5) is 18.0 Å². The molecule has 1 aromatic rings. The number of fused-ring (bicyclic) bond motifs is 1. The summed E-state index contributed by atoms with van der Waals surface area (Å²) >= 11 is 5.92. The Morgan fingerprint density at radius 2 is 1.97 bits per heavy atom. The molecular formula is C21H20ClF3N2O3. The second-order valence-corrected chi connectivity index (χ2v) is 8.34. The normalized spacial score (nSPS) is 24.6. The fourth-order valence-electron chi connectivity index (χ4n) is 4.05. The molecule has 3 aliphatic rings. The molecule has 1 aromatic carbocycles. The van der Waals surface area contributed by atoms with Crippen molar-refractivity contribution in [2.75, 3.05) is 32.8 Å². The Bertz CT molecular complexity index is 918. The van der Waals surface area contributed by atoms with E-state index in [-0.39, 0.29) is 41.4 Å². The number of carbonyl (C=O) groups excluding carboxylic acids is 2. The first-order valence-electron chi connectivity index (χ1n) is 9.76. The minimum Gasteiger partial charge on any atom is -0.370 e. The van der Waals surface area contributed by atoms with Gasteiger partial charge >= 0.3 is 12.2 Å². The number of rotatable bonds is 0. The summed E-state index contributed by atoms with van der Waals surface area (Å²) in [5.74, 6) is 5.88. The predicted octanol–water partition coefficient (Wildman–Crippen LogP) is 3.44. The zero-order valence-corrected chi connectivity index (χ0v) is 16.8. The number of ether oxygens (including phenoxy) is 1. The Morgan fingerprint density at radius 3 is 2.67 bits per heavy atom. The third kappa shape index (κ3) is 4.42. The van der Waals surface area contributed by atoms with Gasteiger partial charge in [0.25, 0.3) is 0 Å². The van der Waals surface area contributed by atoms with E-state index in [4.69, 9.17) is 16.3 Å². The highest BCUT2D eigenvalue weighted by atomic mass is 35.5. The largest absolute Gasteiger partial charge is 0.416 e. The van der Waals surface area contributed by atoms with Crippen molar-refractivity contribution < 1.29 is 27.5 Å². The maximum absolute atomic E-state index is 12.7. The topological polar surface area (TPSA) is 49.9 Å². The van der Waals surface area contributed by atoms with Crippen molar-refractivity contribution in [3.63, 3.8) is 0 Å². The third-order valence-electron chi connectivity index (χ3n) is 5.74. The maximum Gasteiger partial charge on any atom is 0.416 e. The van der Waals surface area contributed by atoms with Crippen LogP contribution in [0.5, 0.6) is 0 Å². The van der Waals surface area contributed by atoms with E-state index in [9.17, 15) is 22.8 Å². The van der Waals surface area contributed by atoms with Gasteiger partial charge in [-0.15, -0.1) is 0 Å². The molecule has 0 unspecified atom stereocenters. The van der Waals surface area contributed by atoms with Gasteiger partial charge in [0, 0.05) is 44.1 Å². The van der Waals surface area contributed by atoms with Crippen molar-refractivity contribution in [2.24, 2.45) is 11.8 Å². The van der Waals surface area contributed by atoms with E-state index in [1.54, 1.807) is 9.80 Å². The average molecular weight is 441 g/mol. The summed E-state index contributed by atoms with van der Waals surface area (Å²) in [4.78, 5) is 27.7. The van der Waals surface area contributed by atoms with Crippen LogP contribution < -0.4 is 0 Å². The number of nitrogens with zero attached hydrogens (tertiary/aromatic N) is 2. The molecule has 4 rings (SSSR count). The molecule has 0 aliphatic carbocycles. The SMILES string of the molecule is O=C1CO[C@H]2CCN(C(=O)N3CC(C#Cc4ccc(C(F)(F)F)cc4Cl)C3)C[C@H]2C1. The van der Waals surface area contributed by atoms with Gasteiger partial charge in [0.05, 0.1) is 22.6 Å². The lowest BCUT2D eigenvalue weighted by atomic mass is 9.88. The van der Waals surface area contributed by atoms with Crippen LogP contribution in [0.3, 0.4) is 0 Å². The van der Waals surface area contributed by atoms with Crippen molar-refractivity contribution in [3.8, 4) is 11.8 Å². The Kier molecular flexibility index (Phi) is 5.69.